The number of amides is 1. The minimum absolute atomic E-state index is 0.0990. The van der Waals surface area contributed by atoms with Crippen LogP contribution in [-0.2, 0) is 4.74 Å². The molecule has 2 saturated heterocycles. The van der Waals surface area contributed by atoms with Gasteiger partial charge in [-0.25, -0.2) is 14.6 Å². The van der Waals surface area contributed by atoms with Crippen LogP contribution >= 0.6 is 0 Å². The summed E-state index contributed by atoms with van der Waals surface area (Å²) in [6, 6.07) is 4.08. The van der Waals surface area contributed by atoms with Crippen molar-refractivity contribution in [2.24, 2.45) is 0 Å². The zero-order valence-corrected chi connectivity index (χ0v) is 14.9. The van der Waals surface area contributed by atoms with Crippen LogP contribution < -0.4 is 10.2 Å². The molecule has 0 saturated carbocycles. The van der Waals surface area contributed by atoms with Gasteiger partial charge in [-0.15, -0.1) is 0 Å². The molecule has 1 aromatic heterocycles. The summed E-state index contributed by atoms with van der Waals surface area (Å²) in [5.41, 5.74) is -0.308. The molecule has 136 valence electrons. The number of aromatic carboxylic acids is 1. The van der Waals surface area contributed by atoms with Crippen molar-refractivity contribution in [1.29, 1.82) is 0 Å². The predicted molar refractivity (Wildman–Crippen MR) is 92.9 cm³/mol. The van der Waals surface area contributed by atoms with E-state index in [1.807, 2.05) is 20.8 Å². The van der Waals surface area contributed by atoms with Gasteiger partial charge in [-0.1, -0.05) is 0 Å². The molecule has 1 amide bonds. The smallest absolute Gasteiger partial charge is 0.407 e. The van der Waals surface area contributed by atoms with Crippen LogP contribution in [0.4, 0.5) is 10.6 Å². The molecule has 2 unspecified atom stereocenters. The number of carbonyl (C=O) groups excluding carboxylic acids is 1. The largest absolute Gasteiger partial charge is 0.478 e. The lowest BCUT2D eigenvalue weighted by Gasteiger charge is -2.40. The molecule has 2 fully saturated rings. The number of pyridine rings is 1. The number of aromatic nitrogens is 1. The van der Waals surface area contributed by atoms with Gasteiger partial charge in [-0.3, -0.25) is 0 Å². The summed E-state index contributed by atoms with van der Waals surface area (Å²) in [5.74, 6) is -0.157. The number of nitrogens with zero attached hydrogens (tertiary/aromatic N) is 2. The van der Waals surface area contributed by atoms with E-state index in [1.165, 1.54) is 6.20 Å². The Bertz CT molecular complexity index is 639. The van der Waals surface area contributed by atoms with Gasteiger partial charge in [0.05, 0.1) is 5.56 Å². The van der Waals surface area contributed by atoms with Gasteiger partial charge >= 0.3 is 12.1 Å². The van der Waals surface area contributed by atoms with Crippen molar-refractivity contribution in [2.45, 2.75) is 70.2 Å². The summed E-state index contributed by atoms with van der Waals surface area (Å²) >= 11 is 0. The molecule has 2 atom stereocenters. The Kier molecular flexibility index (Phi) is 4.58. The molecule has 0 radical (unpaired) electrons. The van der Waals surface area contributed by atoms with E-state index < -0.39 is 11.6 Å². The molecule has 2 aliphatic rings. The van der Waals surface area contributed by atoms with Gasteiger partial charge in [0.2, 0.25) is 0 Å². The normalized spacial score (nSPS) is 25.6. The highest BCUT2D eigenvalue weighted by Crippen LogP contribution is 2.38. The van der Waals surface area contributed by atoms with E-state index >= 15 is 0 Å². The molecule has 0 spiro atoms. The highest BCUT2D eigenvalue weighted by atomic mass is 16.6. The molecule has 7 nitrogen and oxygen atoms in total. The molecule has 2 N–H and O–H groups in total. The number of anilines is 1. The van der Waals surface area contributed by atoms with Crippen LogP contribution in [0.2, 0.25) is 0 Å². The van der Waals surface area contributed by atoms with Crippen LogP contribution in [0.5, 0.6) is 0 Å². The first-order chi connectivity index (χ1) is 11.7. The van der Waals surface area contributed by atoms with Crippen LogP contribution in [-0.4, -0.2) is 45.9 Å². The lowest BCUT2D eigenvalue weighted by Crippen LogP contribution is -2.51. The molecule has 0 aliphatic carbocycles. The van der Waals surface area contributed by atoms with E-state index in [1.54, 1.807) is 12.1 Å². The highest BCUT2D eigenvalue weighted by molar-refractivity contribution is 5.87. The summed E-state index contributed by atoms with van der Waals surface area (Å²) in [6.45, 7) is 5.56. The Labute approximate surface area is 147 Å². The highest BCUT2D eigenvalue weighted by Gasteiger charge is 2.42. The lowest BCUT2D eigenvalue weighted by atomic mass is 9.97. The lowest BCUT2D eigenvalue weighted by molar-refractivity contribution is 0.0492. The van der Waals surface area contributed by atoms with Crippen molar-refractivity contribution < 1.29 is 19.4 Å². The first-order valence-electron chi connectivity index (χ1n) is 8.70. The molecule has 25 heavy (non-hydrogen) atoms. The zero-order valence-electron chi connectivity index (χ0n) is 14.9. The van der Waals surface area contributed by atoms with Crippen molar-refractivity contribution in [3.63, 3.8) is 0 Å². The van der Waals surface area contributed by atoms with Gasteiger partial charge in [-0.2, -0.15) is 0 Å². The third-order valence-corrected chi connectivity index (χ3v) is 4.71. The number of ether oxygens (including phenoxy) is 1. The number of rotatable bonds is 3. The van der Waals surface area contributed by atoms with E-state index in [4.69, 9.17) is 9.84 Å². The molecular weight excluding hydrogens is 322 g/mol. The number of hydrogen-bond donors (Lipinski definition) is 2. The fourth-order valence-electron chi connectivity index (χ4n) is 3.81. The molecule has 3 rings (SSSR count). The molecule has 1 aromatic rings. The van der Waals surface area contributed by atoms with Crippen LogP contribution in [0.3, 0.4) is 0 Å². The first-order valence-corrected chi connectivity index (χ1v) is 8.70. The quantitative estimate of drug-likeness (QED) is 0.873. The zero-order chi connectivity index (χ0) is 18.2. The van der Waals surface area contributed by atoms with E-state index in [0.717, 1.165) is 31.5 Å². The van der Waals surface area contributed by atoms with Gasteiger partial charge in [0.25, 0.3) is 0 Å². The van der Waals surface area contributed by atoms with E-state index in [9.17, 15) is 9.59 Å². The first kappa shape index (κ1) is 17.5. The summed E-state index contributed by atoms with van der Waals surface area (Å²) in [7, 11) is 0. The molecule has 0 aromatic carbocycles. The second-order valence-electron chi connectivity index (χ2n) is 7.82. The monoisotopic (exact) mass is 347 g/mol. The predicted octanol–water partition coefficient (Wildman–Crippen LogP) is 2.80. The number of carbonyl (C=O) groups is 2. The van der Waals surface area contributed by atoms with Crippen LogP contribution in [0.1, 0.15) is 56.8 Å². The number of alkyl carbamates (subject to hydrolysis) is 1. The van der Waals surface area contributed by atoms with Crippen molar-refractivity contribution in [3.8, 4) is 0 Å². The van der Waals surface area contributed by atoms with Gasteiger partial charge in [-0.05, 0) is 58.6 Å². The van der Waals surface area contributed by atoms with Crippen LogP contribution in [0, 0.1) is 0 Å². The topological polar surface area (TPSA) is 91.8 Å². The van der Waals surface area contributed by atoms with Crippen molar-refractivity contribution >= 4 is 17.9 Å². The van der Waals surface area contributed by atoms with Crippen LogP contribution in [0.25, 0.3) is 0 Å². The average Bonchev–Trinajstić information content (AvgIpc) is 2.76. The summed E-state index contributed by atoms with van der Waals surface area (Å²) in [5, 5.41) is 12.0. The maximum atomic E-state index is 12.0. The maximum absolute atomic E-state index is 12.0. The van der Waals surface area contributed by atoms with E-state index in [0.29, 0.717) is 12.1 Å². The molecule has 7 heteroatoms. The molecular formula is C18H25N3O4. The van der Waals surface area contributed by atoms with Gasteiger partial charge in [0, 0.05) is 24.3 Å². The Hall–Kier alpha value is -2.31. The Balaban J connectivity index is 1.64. The van der Waals surface area contributed by atoms with Gasteiger partial charge in [0.15, 0.2) is 0 Å². The third-order valence-electron chi connectivity index (χ3n) is 4.71. The SMILES string of the molecule is CC(C)(C)OC(=O)NC1CC2CCC(C1)N2c1ccc(C(=O)O)cn1. The molecule has 2 bridgehead atoms. The molecule has 3 heterocycles. The minimum atomic E-state index is -0.970. The summed E-state index contributed by atoms with van der Waals surface area (Å²) in [4.78, 5) is 29.6. The maximum Gasteiger partial charge on any atom is 0.407 e. The summed E-state index contributed by atoms with van der Waals surface area (Å²) in [6.07, 6.45) is 4.84. The number of piperidine rings is 1. The third kappa shape index (κ3) is 4.03. The van der Waals surface area contributed by atoms with Crippen molar-refractivity contribution in [3.05, 3.63) is 23.9 Å². The van der Waals surface area contributed by atoms with Crippen molar-refractivity contribution in [1.82, 2.24) is 10.3 Å². The molecule has 2 aliphatic heterocycles. The fourth-order valence-corrected chi connectivity index (χ4v) is 3.81. The number of carboxylic acids is 1. The number of hydrogen-bond acceptors (Lipinski definition) is 5. The Morgan fingerprint density at radius 3 is 2.36 bits per heavy atom. The minimum Gasteiger partial charge on any atom is -0.478 e. The number of carboxylic acid groups (broad SMARTS) is 1. The van der Waals surface area contributed by atoms with Gasteiger partial charge < -0.3 is 20.1 Å². The standard InChI is InChI=1S/C18H25N3O4/c1-18(2,3)25-17(24)20-12-8-13-5-6-14(9-12)21(13)15-7-4-11(10-19-15)16(22)23/h4,7,10,12-14H,5-6,8-9H2,1-3H3,(H,20,24)(H,22,23). The fraction of sp³-hybridized carbons (Fsp3) is 0.611. The van der Waals surface area contributed by atoms with Crippen LogP contribution in [0.15, 0.2) is 18.3 Å². The Morgan fingerprint density at radius 2 is 1.88 bits per heavy atom. The second kappa shape index (κ2) is 6.54. The number of fused-ring (bicyclic) bond motifs is 2. The summed E-state index contributed by atoms with van der Waals surface area (Å²) < 4.78 is 5.35. The number of nitrogens with one attached hydrogen (secondary N) is 1. The Morgan fingerprint density at radius 1 is 1.24 bits per heavy atom. The van der Waals surface area contributed by atoms with E-state index in [-0.39, 0.29) is 17.7 Å². The van der Waals surface area contributed by atoms with Crippen molar-refractivity contribution in [2.75, 3.05) is 4.90 Å². The van der Waals surface area contributed by atoms with Gasteiger partial charge in [0.1, 0.15) is 11.4 Å². The van der Waals surface area contributed by atoms with E-state index in [2.05, 4.69) is 15.2 Å². The second-order valence-corrected chi connectivity index (χ2v) is 7.82. The average molecular weight is 347 g/mol.